The van der Waals surface area contributed by atoms with Crippen molar-refractivity contribution in [1.29, 1.82) is 0 Å². The molecular formula is C16H18N2O3. The van der Waals surface area contributed by atoms with Crippen molar-refractivity contribution < 1.29 is 9.66 Å². The first-order chi connectivity index (χ1) is 10.1. The summed E-state index contributed by atoms with van der Waals surface area (Å²) in [6.45, 7) is 2.44. The Balaban J connectivity index is 1.97. The molecule has 5 heteroatoms. The summed E-state index contributed by atoms with van der Waals surface area (Å²) in [5.41, 5.74) is 2.72. The van der Waals surface area contributed by atoms with Crippen molar-refractivity contribution in [2.45, 2.75) is 13.3 Å². The number of anilines is 1. The smallest absolute Gasteiger partial charge is 0.274 e. The zero-order valence-corrected chi connectivity index (χ0v) is 12.1. The van der Waals surface area contributed by atoms with Crippen LogP contribution in [-0.4, -0.2) is 18.6 Å². The second-order valence-corrected chi connectivity index (χ2v) is 4.79. The molecule has 0 spiro atoms. The predicted octanol–water partition coefficient (Wildman–Crippen LogP) is 3.57. The lowest BCUT2D eigenvalue weighted by Gasteiger charge is -2.08. The van der Waals surface area contributed by atoms with E-state index in [0.29, 0.717) is 12.1 Å². The van der Waals surface area contributed by atoms with E-state index in [1.165, 1.54) is 0 Å². The molecule has 2 rings (SSSR count). The molecule has 0 amide bonds. The second kappa shape index (κ2) is 6.74. The fraction of sp³-hybridized carbons (Fsp3) is 0.250. The van der Waals surface area contributed by atoms with E-state index in [4.69, 9.17) is 4.74 Å². The van der Waals surface area contributed by atoms with Gasteiger partial charge >= 0.3 is 0 Å². The number of nitrogens with zero attached hydrogens (tertiary/aromatic N) is 1. The molecule has 5 nitrogen and oxygen atoms in total. The van der Waals surface area contributed by atoms with Gasteiger partial charge in [0, 0.05) is 23.9 Å². The van der Waals surface area contributed by atoms with Gasteiger partial charge in [0.2, 0.25) is 0 Å². The largest absolute Gasteiger partial charge is 0.497 e. The topological polar surface area (TPSA) is 64.4 Å². The summed E-state index contributed by atoms with van der Waals surface area (Å²) in [5, 5.41) is 14.1. The fourth-order valence-electron chi connectivity index (χ4n) is 2.10. The number of aryl methyl sites for hydroxylation is 1. The van der Waals surface area contributed by atoms with Crippen LogP contribution in [-0.2, 0) is 6.42 Å². The average Bonchev–Trinajstić information content (AvgIpc) is 2.49. The third-order valence-corrected chi connectivity index (χ3v) is 3.28. The Morgan fingerprint density at radius 2 is 2.05 bits per heavy atom. The number of rotatable bonds is 6. The molecule has 21 heavy (non-hydrogen) atoms. The molecule has 0 fully saturated rings. The summed E-state index contributed by atoms with van der Waals surface area (Å²) < 4.78 is 5.18. The Morgan fingerprint density at radius 1 is 1.24 bits per heavy atom. The van der Waals surface area contributed by atoms with Crippen LogP contribution in [0.4, 0.5) is 11.4 Å². The first-order valence-electron chi connectivity index (χ1n) is 6.72. The molecule has 0 aromatic heterocycles. The highest BCUT2D eigenvalue weighted by atomic mass is 16.6. The third kappa shape index (κ3) is 3.95. The summed E-state index contributed by atoms with van der Waals surface area (Å²) in [6, 6.07) is 13.0. The number of nitro benzene ring substituents is 1. The second-order valence-electron chi connectivity index (χ2n) is 4.79. The fourth-order valence-corrected chi connectivity index (χ4v) is 2.10. The summed E-state index contributed by atoms with van der Waals surface area (Å²) in [6.07, 6.45) is 0.818. The van der Waals surface area contributed by atoms with Crippen molar-refractivity contribution in [3.05, 3.63) is 63.7 Å². The van der Waals surface area contributed by atoms with Gasteiger partial charge in [-0.15, -0.1) is 0 Å². The maximum Gasteiger partial charge on any atom is 0.274 e. The van der Waals surface area contributed by atoms with Crippen molar-refractivity contribution in [3.8, 4) is 5.75 Å². The van der Waals surface area contributed by atoms with Gasteiger partial charge in [-0.3, -0.25) is 10.1 Å². The summed E-state index contributed by atoms with van der Waals surface area (Å²) in [7, 11) is 1.64. The summed E-state index contributed by atoms with van der Waals surface area (Å²) in [4.78, 5) is 10.5. The highest BCUT2D eigenvalue weighted by molar-refractivity contribution is 5.54. The van der Waals surface area contributed by atoms with Gasteiger partial charge in [-0.2, -0.15) is 0 Å². The highest BCUT2D eigenvalue weighted by Gasteiger charge is 2.10. The van der Waals surface area contributed by atoms with Crippen LogP contribution in [0.25, 0.3) is 0 Å². The average molecular weight is 286 g/mol. The monoisotopic (exact) mass is 286 g/mol. The zero-order chi connectivity index (χ0) is 15.2. The molecule has 2 aromatic rings. The number of nitro groups is 1. The molecule has 0 radical (unpaired) electrons. The van der Waals surface area contributed by atoms with Crippen molar-refractivity contribution in [2.24, 2.45) is 0 Å². The molecule has 0 aliphatic heterocycles. The lowest BCUT2D eigenvalue weighted by Crippen LogP contribution is -2.05. The van der Waals surface area contributed by atoms with Gasteiger partial charge < -0.3 is 10.1 Å². The van der Waals surface area contributed by atoms with E-state index >= 15 is 0 Å². The quantitative estimate of drug-likeness (QED) is 0.651. The zero-order valence-electron chi connectivity index (χ0n) is 12.1. The van der Waals surface area contributed by atoms with Crippen molar-refractivity contribution in [2.75, 3.05) is 19.0 Å². The van der Waals surface area contributed by atoms with E-state index in [2.05, 4.69) is 5.32 Å². The molecule has 0 bridgehead atoms. The minimum Gasteiger partial charge on any atom is -0.497 e. The molecule has 0 aliphatic rings. The molecule has 0 aliphatic carbocycles. The van der Waals surface area contributed by atoms with E-state index in [9.17, 15) is 10.1 Å². The maximum absolute atomic E-state index is 10.9. The highest BCUT2D eigenvalue weighted by Crippen LogP contribution is 2.22. The van der Waals surface area contributed by atoms with E-state index in [0.717, 1.165) is 23.4 Å². The van der Waals surface area contributed by atoms with Gasteiger partial charge in [-0.05, 0) is 37.1 Å². The van der Waals surface area contributed by atoms with Gasteiger partial charge in [0.05, 0.1) is 12.0 Å². The van der Waals surface area contributed by atoms with Gasteiger partial charge in [0.15, 0.2) is 0 Å². The van der Waals surface area contributed by atoms with Gasteiger partial charge in [-0.25, -0.2) is 0 Å². The first kappa shape index (κ1) is 14.8. The Kier molecular flexibility index (Phi) is 4.77. The van der Waals surface area contributed by atoms with Crippen LogP contribution >= 0.6 is 0 Å². The first-order valence-corrected chi connectivity index (χ1v) is 6.72. The van der Waals surface area contributed by atoms with E-state index in [1.54, 1.807) is 26.2 Å². The van der Waals surface area contributed by atoms with Crippen LogP contribution in [0, 0.1) is 17.0 Å². The maximum atomic E-state index is 10.9. The molecule has 0 saturated carbocycles. The predicted molar refractivity (Wildman–Crippen MR) is 83.0 cm³/mol. The van der Waals surface area contributed by atoms with Crippen LogP contribution in [0.1, 0.15) is 11.1 Å². The molecule has 2 aromatic carbocycles. The normalized spacial score (nSPS) is 10.2. The minimum absolute atomic E-state index is 0.140. The summed E-state index contributed by atoms with van der Waals surface area (Å²) >= 11 is 0. The van der Waals surface area contributed by atoms with Crippen molar-refractivity contribution in [1.82, 2.24) is 0 Å². The molecule has 0 unspecified atom stereocenters. The molecule has 0 heterocycles. The van der Waals surface area contributed by atoms with Gasteiger partial charge in [0.1, 0.15) is 5.75 Å². The number of ether oxygens (including phenoxy) is 1. The summed E-state index contributed by atoms with van der Waals surface area (Å²) in [5.74, 6) is 0.832. The Morgan fingerprint density at radius 3 is 2.76 bits per heavy atom. The Bertz CT molecular complexity index is 641. The number of hydrogen-bond acceptors (Lipinski definition) is 4. The lowest BCUT2D eigenvalue weighted by atomic mass is 10.1. The van der Waals surface area contributed by atoms with Crippen LogP contribution in [0.15, 0.2) is 42.5 Å². The van der Waals surface area contributed by atoms with Crippen LogP contribution in [0.2, 0.25) is 0 Å². The SMILES string of the molecule is COc1cccc(CCNc2ccc(C)c([N+](=O)[O-])c2)c1. The van der Waals surface area contributed by atoms with Gasteiger partial charge in [0.25, 0.3) is 5.69 Å². The van der Waals surface area contributed by atoms with Crippen molar-refractivity contribution in [3.63, 3.8) is 0 Å². The molecular weight excluding hydrogens is 268 g/mol. The van der Waals surface area contributed by atoms with Gasteiger partial charge in [-0.1, -0.05) is 18.2 Å². The third-order valence-electron chi connectivity index (χ3n) is 3.28. The van der Waals surface area contributed by atoms with E-state index in [1.807, 2.05) is 30.3 Å². The number of methoxy groups -OCH3 is 1. The standard InChI is InChI=1S/C16H18N2O3/c1-12-6-7-14(11-16(12)18(19)20)17-9-8-13-4-3-5-15(10-13)21-2/h3-7,10-11,17H,8-9H2,1-2H3. The minimum atomic E-state index is -0.359. The Hall–Kier alpha value is -2.56. The molecule has 0 atom stereocenters. The molecule has 110 valence electrons. The van der Waals surface area contributed by atoms with Crippen LogP contribution < -0.4 is 10.1 Å². The Labute approximate surface area is 123 Å². The number of benzene rings is 2. The van der Waals surface area contributed by atoms with Crippen LogP contribution in [0.5, 0.6) is 5.75 Å². The molecule has 1 N–H and O–H groups in total. The van der Waals surface area contributed by atoms with E-state index < -0.39 is 0 Å². The lowest BCUT2D eigenvalue weighted by molar-refractivity contribution is -0.385. The number of nitrogens with one attached hydrogen (secondary N) is 1. The number of hydrogen-bond donors (Lipinski definition) is 1. The van der Waals surface area contributed by atoms with E-state index in [-0.39, 0.29) is 10.6 Å². The van der Waals surface area contributed by atoms with Crippen LogP contribution in [0.3, 0.4) is 0 Å². The van der Waals surface area contributed by atoms with Crippen molar-refractivity contribution >= 4 is 11.4 Å². The molecule has 0 saturated heterocycles.